The first-order chi connectivity index (χ1) is 9.27. The summed E-state index contributed by atoms with van der Waals surface area (Å²) in [5.74, 6) is -0.0464. The molecule has 2 aromatic rings. The van der Waals surface area contributed by atoms with Crippen molar-refractivity contribution in [3.05, 3.63) is 48.3 Å². The second-order valence-electron chi connectivity index (χ2n) is 4.55. The molecule has 0 aliphatic rings. The Morgan fingerprint density at radius 1 is 1.32 bits per heavy atom. The Balaban J connectivity index is 2.32. The van der Waals surface area contributed by atoms with Crippen molar-refractivity contribution in [3.8, 4) is 5.69 Å². The van der Waals surface area contributed by atoms with Gasteiger partial charge in [0.15, 0.2) is 5.78 Å². The van der Waals surface area contributed by atoms with Crippen LogP contribution in [0.2, 0.25) is 0 Å². The van der Waals surface area contributed by atoms with Crippen LogP contribution >= 0.6 is 0 Å². The van der Waals surface area contributed by atoms with E-state index < -0.39 is 0 Å². The van der Waals surface area contributed by atoms with Crippen molar-refractivity contribution in [2.75, 3.05) is 6.54 Å². The minimum absolute atomic E-state index is 0.0747. The monoisotopic (exact) mass is 257 g/mol. The lowest BCUT2D eigenvalue weighted by Crippen LogP contribution is -2.25. The van der Waals surface area contributed by atoms with Crippen molar-refractivity contribution < 1.29 is 4.79 Å². The molecule has 4 nitrogen and oxygen atoms in total. The second kappa shape index (κ2) is 6.29. The molecule has 0 fully saturated rings. The third-order valence-electron chi connectivity index (χ3n) is 3.19. The molecule has 1 heterocycles. The fraction of sp³-hybridized carbons (Fsp3) is 0.333. The van der Waals surface area contributed by atoms with E-state index in [1.54, 1.807) is 16.9 Å². The zero-order valence-electron chi connectivity index (χ0n) is 11.1. The lowest BCUT2D eigenvalue weighted by Gasteiger charge is -2.13. The van der Waals surface area contributed by atoms with Gasteiger partial charge in [-0.1, -0.05) is 31.5 Å². The van der Waals surface area contributed by atoms with Crippen LogP contribution in [-0.2, 0) is 0 Å². The molecule has 0 radical (unpaired) electrons. The molecule has 0 aliphatic heterocycles. The van der Waals surface area contributed by atoms with Crippen LogP contribution in [0.25, 0.3) is 5.69 Å². The number of hydrogen-bond donors (Lipinski definition) is 1. The summed E-state index contributed by atoms with van der Waals surface area (Å²) >= 11 is 0. The molecule has 1 aromatic carbocycles. The maximum Gasteiger partial charge on any atom is 0.185 e. The Morgan fingerprint density at radius 2 is 2.05 bits per heavy atom. The smallest absolute Gasteiger partial charge is 0.185 e. The van der Waals surface area contributed by atoms with Crippen molar-refractivity contribution in [3.63, 3.8) is 0 Å². The molecule has 0 bridgehead atoms. The van der Waals surface area contributed by atoms with Gasteiger partial charge in [-0.05, 0) is 24.6 Å². The molecule has 0 spiro atoms. The lowest BCUT2D eigenvalue weighted by molar-refractivity contribution is 0.0909. The van der Waals surface area contributed by atoms with Gasteiger partial charge in [0, 0.05) is 12.5 Å². The molecule has 1 aromatic heterocycles. The van der Waals surface area contributed by atoms with Crippen molar-refractivity contribution in [1.82, 2.24) is 9.78 Å². The van der Waals surface area contributed by atoms with Crippen LogP contribution in [0.5, 0.6) is 0 Å². The number of hydrogen-bond acceptors (Lipinski definition) is 3. The predicted molar refractivity (Wildman–Crippen MR) is 75.3 cm³/mol. The van der Waals surface area contributed by atoms with Gasteiger partial charge in [0.1, 0.15) is 5.69 Å². The molecule has 0 saturated carbocycles. The maximum atomic E-state index is 12.5. The van der Waals surface area contributed by atoms with E-state index in [1.807, 2.05) is 30.3 Å². The van der Waals surface area contributed by atoms with Crippen LogP contribution < -0.4 is 5.73 Å². The Kier molecular flexibility index (Phi) is 4.47. The predicted octanol–water partition coefficient (Wildman–Crippen LogP) is 2.43. The van der Waals surface area contributed by atoms with E-state index >= 15 is 0 Å². The van der Waals surface area contributed by atoms with Crippen LogP contribution in [0, 0.1) is 5.92 Å². The number of carbonyl (C=O) groups excluding carboxylic acids is 1. The van der Waals surface area contributed by atoms with E-state index in [1.165, 1.54) is 0 Å². The molecule has 1 unspecified atom stereocenters. The number of carbonyl (C=O) groups is 1. The van der Waals surface area contributed by atoms with Gasteiger partial charge >= 0.3 is 0 Å². The van der Waals surface area contributed by atoms with Crippen molar-refractivity contribution in [2.24, 2.45) is 11.7 Å². The number of aromatic nitrogens is 2. The van der Waals surface area contributed by atoms with Crippen molar-refractivity contribution >= 4 is 5.78 Å². The molecule has 19 heavy (non-hydrogen) atoms. The van der Waals surface area contributed by atoms with Crippen LogP contribution in [0.15, 0.2) is 42.6 Å². The SMILES string of the molecule is CCCC(CN)C(=O)c1ccnn1-c1ccccc1. The summed E-state index contributed by atoms with van der Waals surface area (Å²) in [4.78, 5) is 12.5. The molecule has 0 aliphatic carbocycles. The van der Waals surface area contributed by atoms with Crippen molar-refractivity contribution in [1.29, 1.82) is 0 Å². The summed E-state index contributed by atoms with van der Waals surface area (Å²) in [6.07, 6.45) is 3.42. The largest absolute Gasteiger partial charge is 0.330 e. The summed E-state index contributed by atoms with van der Waals surface area (Å²) in [6, 6.07) is 11.4. The summed E-state index contributed by atoms with van der Waals surface area (Å²) in [7, 11) is 0. The minimum atomic E-state index is -0.121. The minimum Gasteiger partial charge on any atom is -0.330 e. The molecule has 2 rings (SSSR count). The van der Waals surface area contributed by atoms with Gasteiger partial charge < -0.3 is 5.73 Å². The van der Waals surface area contributed by atoms with Crippen LogP contribution in [0.4, 0.5) is 0 Å². The number of benzene rings is 1. The highest BCUT2D eigenvalue weighted by atomic mass is 16.1. The second-order valence-corrected chi connectivity index (χ2v) is 4.55. The molecule has 0 amide bonds. The van der Waals surface area contributed by atoms with Gasteiger partial charge in [-0.15, -0.1) is 0 Å². The standard InChI is InChI=1S/C15H19N3O/c1-2-6-12(11-16)15(19)14-9-10-17-18(14)13-7-4-3-5-8-13/h3-5,7-10,12H,2,6,11,16H2,1H3. The van der Waals surface area contributed by atoms with Crippen molar-refractivity contribution in [2.45, 2.75) is 19.8 Å². The Bertz CT molecular complexity index is 533. The topological polar surface area (TPSA) is 60.9 Å². The van der Waals surface area contributed by atoms with E-state index in [-0.39, 0.29) is 11.7 Å². The van der Waals surface area contributed by atoms with E-state index in [0.717, 1.165) is 18.5 Å². The first kappa shape index (κ1) is 13.5. The quantitative estimate of drug-likeness (QED) is 0.808. The zero-order chi connectivity index (χ0) is 13.7. The van der Waals surface area contributed by atoms with E-state index in [9.17, 15) is 4.79 Å². The van der Waals surface area contributed by atoms with E-state index in [4.69, 9.17) is 5.73 Å². The Morgan fingerprint density at radius 3 is 2.68 bits per heavy atom. The van der Waals surface area contributed by atoms with Gasteiger partial charge in [0.2, 0.25) is 0 Å². The summed E-state index contributed by atoms with van der Waals surface area (Å²) < 4.78 is 1.68. The number of Topliss-reactive ketones (excluding diaryl/α,β-unsaturated/α-hetero) is 1. The van der Waals surface area contributed by atoms with Gasteiger partial charge in [-0.2, -0.15) is 5.10 Å². The third-order valence-corrected chi connectivity index (χ3v) is 3.19. The molecular weight excluding hydrogens is 238 g/mol. The molecule has 4 heteroatoms. The number of nitrogens with two attached hydrogens (primary N) is 1. The Hall–Kier alpha value is -1.94. The number of nitrogens with zero attached hydrogens (tertiary/aromatic N) is 2. The van der Waals surface area contributed by atoms with Crippen LogP contribution in [0.3, 0.4) is 0 Å². The summed E-state index contributed by atoms with van der Waals surface area (Å²) in [5.41, 5.74) is 7.20. The molecule has 0 saturated heterocycles. The molecule has 2 N–H and O–H groups in total. The maximum absolute atomic E-state index is 12.5. The zero-order valence-corrected chi connectivity index (χ0v) is 11.1. The Labute approximate surface area is 113 Å². The first-order valence-electron chi connectivity index (χ1n) is 6.61. The van der Waals surface area contributed by atoms with Gasteiger partial charge in [0.05, 0.1) is 11.9 Å². The summed E-state index contributed by atoms with van der Waals surface area (Å²) in [6.45, 7) is 2.44. The highest BCUT2D eigenvalue weighted by Crippen LogP contribution is 2.16. The third kappa shape index (κ3) is 2.90. The highest BCUT2D eigenvalue weighted by molar-refractivity contribution is 5.97. The van der Waals surface area contributed by atoms with Gasteiger partial charge in [-0.3, -0.25) is 4.79 Å². The van der Waals surface area contributed by atoms with E-state index in [2.05, 4.69) is 12.0 Å². The first-order valence-corrected chi connectivity index (χ1v) is 6.61. The highest BCUT2D eigenvalue weighted by Gasteiger charge is 2.21. The molecule has 100 valence electrons. The molecular formula is C15H19N3O. The number of rotatable bonds is 6. The van der Waals surface area contributed by atoms with E-state index in [0.29, 0.717) is 12.2 Å². The van der Waals surface area contributed by atoms with Gasteiger partial charge in [0.25, 0.3) is 0 Å². The summed E-state index contributed by atoms with van der Waals surface area (Å²) in [5, 5.41) is 4.24. The van der Waals surface area contributed by atoms with Gasteiger partial charge in [-0.25, -0.2) is 4.68 Å². The van der Waals surface area contributed by atoms with Crippen LogP contribution in [-0.4, -0.2) is 22.1 Å². The normalized spacial score (nSPS) is 12.3. The fourth-order valence-electron chi connectivity index (χ4n) is 2.18. The average Bonchev–Trinajstić information content (AvgIpc) is 2.94. The fourth-order valence-corrected chi connectivity index (χ4v) is 2.18. The van der Waals surface area contributed by atoms with Crippen LogP contribution in [0.1, 0.15) is 30.3 Å². The lowest BCUT2D eigenvalue weighted by atomic mass is 9.96. The average molecular weight is 257 g/mol. The molecule has 1 atom stereocenters. The number of ketones is 1. The number of para-hydroxylation sites is 1.